The molecule has 1 N–H and O–H groups in total. The number of carboxylic acid groups (broad SMARTS) is 1. The van der Waals surface area contributed by atoms with Gasteiger partial charge in [-0.3, -0.25) is 9.59 Å². The maximum Gasteiger partial charge on any atom is 0.326 e. The maximum absolute atomic E-state index is 12.2. The second-order valence-electron chi connectivity index (χ2n) is 5.32. The van der Waals surface area contributed by atoms with Gasteiger partial charge in [0.05, 0.1) is 4.83 Å². The number of carbonyl (C=O) groups is 3. The number of carboxylic acids is 1. The third-order valence-corrected chi connectivity index (χ3v) is 4.69. The minimum atomic E-state index is -0.957. The quantitative estimate of drug-likeness (QED) is 0.619. The lowest BCUT2D eigenvalue weighted by atomic mass is 10.1. The van der Waals surface area contributed by atoms with Crippen LogP contribution in [0.5, 0.6) is 0 Å². The normalized spacial score (nSPS) is 19.0. The molecule has 1 amide bonds. The molecule has 1 fully saturated rings. The molecule has 0 saturated carbocycles. The first-order valence-corrected chi connectivity index (χ1v) is 8.18. The number of hydrogen-bond donors (Lipinski definition) is 1. The van der Waals surface area contributed by atoms with E-state index >= 15 is 0 Å². The molecule has 2 atom stereocenters. The van der Waals surface area contributed by atoms with Crippen molar-refractivity contribution in [1.82, 2.24) is 4.90 Å². The van der Waals surface area contributed by atoms with E-state index in [1.807, 2.05) is 6.07 Å². The molecule has 6 heteroatoms. The van der Waals surface area contributed by atoms with E-state index in [4.69, 9.17) is 5.11 Å². The number of benzene rings is 1. The van der Waals surface area contributed by atoms with E-state index in [1.165, 1.54) is 4.90 Å². The fourth-order valence-corrected chi connectivity index (χ4v) is 3.12. The summed E-state index contributed by atoms with van der Waals surface area (Å²) in [6.45, 7) is 0.482. The molecule has 1 aromatic carbocycles. The zero-order valence-electron chi connectivity index (χ0n) is 12.1. The Morgan fingerprint density at radius 3 is 2.59 bits per heavy atom. The Morgan fingerprint density at radius 2 is 1.95 bits per heavy atom. The van der Waals surface area contributed by atoms with Crippen LogP contribution in [0.3, 0.4) is 0 Å². The van der Waals surface area contributed by atoms with Gasteiger partial charge >= 0.3 is 5.97 Å². The van der Waals surface area contributed by atoms with Gasteiger partial charge in [0.25, 0.3) is 0 Å². The molecule has 0 aliphatic carbocycles. The van der Waals surface area contributed by atoms with Crippen molar-refractivity contribution in [1.29, 1.82) is 0 Å². The summed E-state index contributed by atoms with van der Waals surface area (Å²) >= 11 is 3.32. The standard InChI is InChI=1S/C16H18BrNO4/c17-12(15(20)11-5-2-1-3-6-11)8-9-14(19)18-10-4-7-13(18)16(21)22/h1-3,5-6,12-13H,4,7-10H2,(H,21,22)/t12?,13-/m0/s1. The van der Waals surface area contributed by atoms with E-state index in [0.29, 0.717) is 31.4 Å². The van der Waals surface area contributed by atoms with Gasteiger partial charge in [0, 0.05) is 18.5 Å². The van der Waals surface area contributed by atoms with Crippen molar-refractivity contribution < 1.29 is 19.5 Å². The molecule has 0 radical (unpaired) electrons. The summed E-state index contributed by atoms with van der Waals surface area (Å²) in [5.41, 5.74) is 0.599. The number of alkyl halides is 1. The highest BCUT2D eigenvalue weighted by Crippen LogP contribution is 2.21. The number of likely N-dealkylation sites (tertiary alicyclic amines) is 1. The number of hydrogen-bond acceptors (Lipinski definition) is 3. The molecule has 118 valence electrons. The molecular formula is C16H18BrNO4. The first-order valence-electron chi connectivity index (χ1n) is 7.26. The van der Waals surface area contributed by atoms with Crippen LogP contribution in [0.1, 0.15) is 36.0 Å². The van der Waals surface area contributed by atoms with E-state index in [2.05, 4.69) is 15.9 Å². The van der Waals surface area contributed by atoms with Gasteiger partial charge < -0.3 is 10.0 Å². The molecular weight excluding hydrogens is 350 g/mol. The van der Waals surface area contributed by atoms with Gasteiger partial charge in [-0.15, -0.1) is 0 Å². The fourth-order valence-electron chi connectivity index (χ4n) is 2.63. The highest BCUT2D eigenvalue weighted by Gasteiger charge is 2.33. The molecule has 1 heterocycles. The van der Waals surface area contributed by atoms with Gasteiger partial charge in [-0.25, -0.2) is 4.79 Å². The van der Waals surface area contributed by atoms with E-state index in [-0.39, 0.29) is 18.1 Å². The first-order chi connectivity index (χ1) is 10.5. The molecule has 1 unspecified atom stereocenters. The molecule has 1 aromatic rings. The van der Waals surface area contributed by atoms with Crippen molar-refractivity contribution in [2.75, 3.05) is 6.54 Å². The SMILES string of the molecule is O=C(c1ccccc1)C(Br)CCC(=O)N1CCC[C@H]1C(=O)O. The van der Waals surface area contributed by atoms with Gasteiger partial charge in [0.15, 0.2) is 5.78 Å². The average molecular weight is 368 g/mol. The Kier molecular flexibility index (Phi) is 5.71. The van der Waals surface area contributed by atoms with Gasteiger partial charge in [-0.2, -0.15) is 0 Å². The van der Waals surface area contributed by atoms with E-state index in [0.717, 1.165) is 0 Å². The monoisotopic (exact) mass is 367 g/mol. The van der Waals surface area contributed by atoms with Gasteiger partial charge in [-0.05, 0) is 19.3 Å². The number of amides is 1. The number of halogens is 1. The smallest absolute Gasteiger partial charge is 0.326 e. The Labute approximate surface area is 137 Å². The van der Waals surface area contributed by atoms with Gasteiger partial charge in [0.1, 0.15) is 6.04 Å². The summed E-state index contributed by atoms with van der Waals surface area (Å²) in [6.07, 6.45) is 1.73. The van der Waals surface area contributed by atoms with Crippen LogP contribution in [-0.2, 0) is 9.59 Å². The molecule has 1 aliphatic heterocycles. The number of ketones is 1. The number of rotatable bonds is 6. The highest BCUT2D eigenvalue weighted by atomic mass is 79.9. The predicted molar refractivity (Wildman–Crippen MR) is 85.1 cm³/mol. The molecule has 5 nitrogen and oxygen atoms in total. The largest absolute Gasteiger partial charge is 0.480 e. The highest BCUT2D eigenvalue weighted by molar-refractivity contribution is 9.10. The summed E-state index contributed by atoms with van der Waals surface area (Å²) in [5, 5.41) is 9.09. The lowest BCUT2D eigenvalue weighted by Gasteiger charge is -2.21. The zero-order valence-corrected chi connectivity index (χ0v) is 13.7. The van der Waals surface area contributed by atoms with Crippen LogP contribution in [0.4, 0.5) is 0 Å². The van der Waals surface area contributed by atoms with Crippen LogP contribution in [0.15, 0.2) is 30.3 Å². The predicted octanol–water partition coefficient (Wildman–Crippen LogP) is 2.49. The van der Waals surface area contributed by atoms with Crippen molar-refractivity contribution in [3.63, 3.8) is 0 Å². The molecule has 2 rings (SSSR count). The fraction of sp³-hybridized carbons (Fsp3) is 0.438. The summed E-state index contributed by atoms with van der Waals surface area (Å²) in [6, 6.07) is 8.17. The molecule has 1 aliphatic rings. The first kappa shape index (κ1) is 16.7. The second-order valence-corrected chi connectivity index (χ2v) is 6.43. The summed E-state index contributed by atoms with van der Waals surface area (Å²) < 4.78 is 0. The van der Waals surface area contributed by atoms with Crippen molar-refractivity contribution >= 4 is 33.6 Å². The molecule has 0 spiro atoms. The third-order valence-electron chi connectivity index (χ3n) is 3.81. The zero-order chi connectivity index (χ0) is 16.1. The van der Waals surface area contributed by atoms with E-state index in [9.17, 15) is 14.4 Å². The van der Waals surface area contributed by atoms with Gasteiger partial charge in [0.2, 0.25) is 5.91 Å². The van der Waals surface area contributed by atoms with Crippen molar-refractivity contribution in [2.45, 2.75) is 36.6 Å². The average Bonchev–Trinajstić information content (AvgIpc) is 3.02. The van der Waals surface area contributed by atoms with Crippen LogP contribution < -0.4 is 0 Å². The summed E-state index contributed by atoms with van der Waals surface area (Å²) in [7, 11) is 0. The molecule has 1 saturated heterocycles. The van der Waals surface area contributed by atoms with Crippen molar-refractivity contribution in [2.24, 2.45) is 0 Å². The van der Waals surface area contributed by atoms with Crippen molar-refractivity contribution in [3.8, 4) is 0 Å². The van der Waals surface area contributed by atoms with Crippen molar-refractivity contribution in [3.05, 3.63) is 35.9 Å². The minimum absolute atomic E-state index is 0.0652. The second kappa shape index (κ2) is 7.54. The van der Waals surface area contributed by atoms with Crippen LogP contribution >= 0.6 is 15.9 Å². The third kappa shape index (κ3) is 3.94. The lowest BCUT2D eigenvalue weighted by Crippen LogP contribution is -2.40. The van der Waals surface area contributed by atoms with Crippen LogP contribution in [0, 0.1) is 0 Å². The Hall–Kier alpha value is -1.69. The molecule has 0 bridgehead atoms. The molecule has 0 aromatic heterocycles. The van der Waals surface area contributed by atoms with E-state index < -0.39 is 16.8 Å². The minimum Gasteiger partial charge on any atom is -0.480 e. The Morgan fingerprint density at radius 1 is 1.27 bits per heavy atom. The maximum atomic E-state index is 12.2. The summed E-state index contributed by atoms with van der Waals surface area (Å²) in [4.78, 5) is 36.4. The Balaban J connectivity index is 1.88. The number of Topliss-reactive ketones (excluding diaryl/α,β-unsaturated/α-hetero) is 1. The van der Waals surface area contributed by atoms with E-state index in [1.54, 1.807) is 24.3 Å². The topological polar surface area (TPSA) is 74.7 Å². The van der Waals surface area contributed by atoms with Crippen LogP contribution in [0.2, 0.25) is 0 Å². The number of aliphatic carboxylic acids is 1. The lowest BCUT2D eigenvalue weighted by molar-refractivity contribution is -0.148. The van der Waals surface area contributed by atoms with Crippen LogP contribution in [0.25, 0.3) is 0 Å². The van der Waals surface area contributed by atoms with Gasteiger partial charge in [-0.1, -0.05) is 46.3 Å². The number of carbonyl (C=O) groups excluding carboxylic acids is 2. The molecule has 22 heavy (non-hydrogen) atoms. The van der Waals surface area contributed by atoms with Crippen LogP contribution in [-0.4, -0.2) is 45.1 Å². The number of nitrogens with zero attached hydrogens (tertiary/aromatic N) is 1. The Bertz CT molecular complexity index is 561. The summed E-state index contributed by atoms with van der Waals surface area (Å²) in [5.74, 6) is -1.22.